The lowest BCUT2D eigenvalue weighted by Crippen LogP contribution is -2.28. The van der Waals surface area contributed by atoms with Crippen LogP contribution in [0.4, 0.5) is 0 Å². The lowest BCUT2D eigenvalue weighted by Gasteiger charge is -2.28. The summed E-state index contributed by atoms with van der Waals surface area (Å²) in [7, 11) is 6.54. The van der Waals surface area contributed by atoms with Crippen molar-refractivity contribution >= 4 is 30.1 Å². The normalized spacial score (nSPS) is 10.8. The van der Waals surface area contributed by atoms with E-state index in [0.29, 0.717) is 47.5 Å². The molecule has 0 heterocycles. The van der Waals surface area contributed by atoms with Crippen molar-refractivity contribution in [2.45, 2.75) is 6.92 Å². The number of benzene rings is 3. The van der Waals surface area contributed by atoms with E-state index in [0.717, 1.165) is 27.8 Å². The zero-order valence-corrected chi connectivity index (χ0v) is 22.9. The summed E-state index contributed by atoms with van der Waals surface area (Å²) < 4.78 is 40.0. The third kappa shape index (κ3) is 6.34. The third-order valence-electron chi connectivity index (χ3n) is 5.58. The van der Waals surface area contributed by atoms with E-state index in [4.69, 9.17) is 33.2 Å². The maximum atomic E-state index is 12.2. The van der Waals surface area contributed by atoms with E-state index in [1.807, 2.05) is 49.4 Å². The van der Waals surface area contributed by atoms with Gasteiger partial charge in [0.2, 0.25) is 0 Å². The minimum Gasteiger partial charge on any atom is -0.496 e. The average molecular weight is 529 g/mol. The van der Waals surface area contributed by atoms with Gasteiger partial charge in [-0.1, -0.05) is 12.1 Å². The molecule has 0 atom stereocenters. The Morgan fingerprint density at radius 2 is 1.27 bits per heavy atom. The Balaban J connectivity index is 2.38. The van der Waals surface area contributed by atoms with Gasteiger partial charge in [0, 0.05) is 20.3 Å². The number of ether oxygens (including phenoxy) is 7. The predicted molar refractivity (Wildman–Crippen MR) is 145 cm³/mol. The van der Waals surface area contributed by atoms with Gasteiger partial charge in [0.15, 0.2) is 13.1 Å². The summed E-state index contributed by atoms with van der Waals surface area (Å²) in [5.74, 6) is 2.89. The van der Waals surface area contributed by atoms with E-state index in [9.17, 15) is 4.79 Å². The van der Waals surface area contributed by atoms with Crippen molar-refractivity contribution in [1.82, 2.24) is 0 Å². The number of hydrogen-bond acceptors (Lipinski definition) is 8. The molecule has 3 aromatic carbocycles. The van der Waals surface area contributed by atoms with Crippen molar-refractivity contribution in [2.24, 2.45) is 0 Å². The topological polar surface area (TPSA) is 81.7 Å². The van der Waals surface area contributed by atoms with E-state index in [2.05, 4.69) is 0 Å². The second-order valence-electron chi connectivity index (χ2n) is 7.84. The van der Waals surface area contributed by atoms with Gasteiger partial charge in [-0.3, -0.25) is 4.79 Å². The number of hydrogen-bond donors (Lipinski definition) is 0. The summed E-state index contributed by atoms with van der Waals surface area (Å²) in [6, 6.07) is 15.0. The highest BCUT2D eigenvalue weighted by Gasteiger charge is 2.33. The number of aryl methyl sites for hydroxylation is 1. The molecule has 0 aliphatic heterocycles. The molecule has 0 unspecified atom stereocenters. The molecule has 9 heteroatoms. The highest BCUT2D eigenvalue weighted by Crippen LogP contribution is 2.48. The van der Waals surface area contributed by atoms with E-state index in [-0.39, 0.29) is 6.79 Å². The molecule has 0 spiro atoms. The van der Waals surface area contributed by atoms with Gasteiger partial charge in [-0.15, -0.1) is 0 Å². The van der Waals surface area contributed by atoms with E-state index in [1.165, 1.54) is 0 Å². The van der Waals surface area contributed by atoms with Crippen LogP contribution in [-0.2, 0) is 9.47 Å². The molecule has 0 amide bonds. The Labute approximate surface area is 219 Å². The molecule has 0 saturated carbocycles. The molecule has 0 fully saturated rings. The van der Waals surface area contributed by atoms with Crippen LogP contribution in [0, 0.1) is 6.92 Å². The molecule has 3 rings (SSSR count). The summed E-state index contributed by atoms with van der Waals surface area (Å²) in [6.45, 7) is 2.65. The van der Waals surface area contributed by atoms with E-state index < -0.39 is 7.92 Å². The minimum absolute atomic E-state index is 0.0600. The molecule has 8 nitrogen and oxygen atoms in total. The molecule has 198 valence electrons. The van der Waals surface area contributed by atoms with Gasteiger partial charge in [-0.05, 0) is 48.9 Å². The van der Waals surface area contributed by atoms with Gasteiger partial charge in [-0.2, -0.15) is 0 Å². The number of rotatable bonds is 14. The van der Waals surface area contributed by atoms with Crippen molar-refractivity contribution in [2.75, 3.05) is 55.6 Å². The monoisotopic (exact) mass is 528 g/mol. The highest BCUT2D eigenvalue weighted by molar-refractivity contribution is 7.80. The van der Waals surface area contributed by atoms with Crippen molar-refractivity contribution < 1.29 is 38.0 Å². The van der Waals surface area contributed by atoms with Crippen molar-refractivity contribution in [3.8, 4) is 28.7 Å². The number of aldehydes is 1. The SMILES string of the molecule is COCCOCOc1c(C=O)cc(C)cc1P(c1c(OC)cccc1OC)c1c(OC)cccc1OC. The van der Waals surface area contributed by atoms with Crippen LogP contribution in [0.3, 0.4) is 0 Å². The van der Waals surface area contributed by atoms with Crippen molar-refractivity contribution in [3.63, 3.8) is 0 Å². The number of methoxy groups -OCH3 is 5. The van der Waals surface area contributed by atoms with Crippen LogP contribution in [-0.4, -0.2) is 61.8 Å². The first-order valence-corrected chi connectivity index (χ1v) is 12.9. The van der Waals surface area contributed by atoms with Crippen LogP contribution in [0.5, 0.6) is 28.7 Å². The molecule has 0 aliphatic carbocycles. The van der Waals surface area contributed by atoms with Crippen LogP contribution < -0.4 is 39.6 Å². The van der Waals surface area contributed by atoms with Crippen LogP contribution in [0.15, 0.2) is 48.5 Å². The fraction of sp³-hybridized carbons (Fsp3) is 0.321. The molecule has 0 N–H and O–H groups in total. The number of carbonyl (C=O) groups is 1. The van der Waals surface area contributed by atoms with Crippen molar-refractivity contribution in [3.05, 3.63) is 59.7 Å². The second-order valence-corrected chi connectivity index (χ2v) is 9.89. The van der Waals surface area contributed by atoms with E-state index in [1.54, 1.807) is 41.6 Å². The molecular formula is C28H33O8P. The third-order valence-corrected chi connectivity index (χ3v) is 8.17. The second kappa shape index (κ2) is 13.8. The van der Waals surface area contributed by atoms with Gasteiger partial charge in [0.05, 0.1) is 57.8 Å². The molecule has 37 heavy (non-hydrogen) atoms. The first-order valence-electron chi connectivity index (χ1n) is 11.6. The molecule has 0 aromatic heterocycles. The fourth-order valence-electron chi connectivity index (χ4n) is 3.95. The molecule has 0 saturated heterocycles. The van der Waals surface area contributed by atoms with Gasteiger partial charge in [0.1, 0.15) is 28.7 Å². The van der Waals surface area contributed by atoms with Crippen LogP contribution in [0.1, 0.15) is 15.9 Å². The minimum atomic E-state index is -1.50. The first-order chi connectivity index (χ1) is 18.0. The van der Waals surface area contributed by atoms with Crippen molar-refractivity contribution in [1.29, 1.82) is 0 Å². The molecule has 3 aromatic rings. The summed E-state index contributed by atoms with van der Waals surface area (Å²) >= 11 is 0. The van der Waals surface area contributed by atoms with Gasteiger partial charge in [-0.25, -0.2) is 0 Å². The standard InChI is InChI=1S/C28H33O8P/c1-19-15-20(17-29)26(36-18-35-14-13-30-2)25(16-19)37(27-21(31-3)9-7-10-22(27)32-4)28-23(33-5)11-8-12-24(28)34-6/h7-12,15-17H,13-14,18H2,1-6H3. The lowest BCUT2D eigenvalue weighted by molar-refractivity contribution is -0.00820. The largest absolute Gasteiger partial charge is 0.496 e. The summed E-state index contributed by atoms with van der Waals surface area (Å²) in [5, 5.41) is 2.34. The summed E-state index contributed by atoms with van der Waals surface area (Å²) in [6.07, 6.45) is 0.785. The Bertz CT molecular complexity index is 1100. The van der Waals surface area contributed by atoms with Gasteiger partial charge in [0.25, 0.3) is 0 Å². The van der Waals surface area contributed by atoms with Crippen LogP contribution in [0.2, 0.25) is 0 Å². The maximum absolute atomic E-state index is 12.2. The van der Waals surface area contributed by atoms with Crippen LogP contribution in [0.25, 0.3) is 0 Å². The maximum Gasteiger partial charge on any atom is 0.189 e. The Kier molecular flexibility index (Phi) is 10.6. The smallest absolute Gasteiger partial charge is 0.189 e. The Hall–Kier alpha value is -3.32. The molecule has 0 radical (unpaired) electrons. The zero-order valence-electron chi connectivity index (χ0n) is 22.0. The highest BCUT2D eigenvalue weighted by atomic mass is 31.1. The predicted octanol–water partition coefficient (Wildman–Crippen LogP) is 3.60. The average Bonchev–Trinajstić information content (AvgIpc) is 2.93. The van der Waals surface area contributed by atoms with Gasteiger partial charge >= 0.3 is 0 Å². The molecule has 0 bridgehead atoms. The Morgan fingerprint density at radius 1 is 0.757 bits per heavy atom. The fourth-order valence-corrected chi connectivity index (χ4v) is 6.93. The Morgan fingerprint density at radius 3 is 1.70 bits per heavy atom. The van der Waals surface area contributed by atoms with E-state index >= 15 is 0 Å². The zero-order chi connectivity index (χ0) is 26.8. The van der Waals surface area contributed by atoms with Crippen LogP contribution >= 0.6 is 7.92 Å². The summed E-state index contributed by atoms with van der Waals surface area (Å²) in [5.41, 5.74) is 1.29. The lowest BCUT2D eigenvalue weighted by atomic mass is 10.1. The van der Waals surface area contributed by atoms with Gasteiger partial charge < -0.3 is 33.2 Å². The first kappa shape index (κ1) is 28.3. The quantitative estimate of drug-likeness (QED) is 0.136. The number of carbonyl (C=O) groups excluding carboxylic acids is 1. The molecular weight excluding hydrogens is 495 g/mol. The molecule has 0 aliphatic rings. The summed E-state index contributed by atoms with van der Waals surface area (Å²) in [4.78, 5) is 12.2.